The van der Waals surface area contributed by atoms with E-state index in [1.165, 1.54) is 42.1 Å². The van der Waals surface area contributed by atoms with Crippen LogP contribution in [-0.4, -0.2) is 35.9 Å². The number of piperidine rings is 1. The molecule has 1 aliphatic rings. The lowest BCUT2D eigenvalue weighted by atomic mass is 9.96. The minimum Gasteiger partial charge on any atom is -0.495 e. The number of nitrogens with zero attached hydrogens (tertiary/aromatic N) is 3. The Labute approximate surface area is 189 Å². The van der Waals surface area contributed by atoms with Gasteiger partial charge in [-0.05, 0) is 61.4 Å². The van der Waals surface area contributed by atoms with E-state index < -0.39 is 0 Å². The number of amides is 1. The number of hydrogen-bond acceptors (Lipinski definition) is 5. The van der Waals surface area contributed by atoms with Crippen LogP contribution in [-0.2, 0) is 4.79 Å². The van der Waals surface area contributed by atoms with Crippen LogP contribution in [0.2, 0.25) is 5.02 Å². The zero-order valence-corrected chi connectivity index (χ0v) is 18.2. The molecule has 1 amide bonds. The first-order valence-corrected chi connectivity index (χ1v) is 10.6. The minimum atomic E-state index is -0.379. The van der Waals surface area contributed by atoms with Gasteiger partial charge in [0.15, 0.2) is 0 Å². The van der Waals surface area contributed by atoms with Crippen LogP contribution in [0, 0.1) is 11.7 Å². The number of ether oxygens (including phenoxy) is 1. The average Bonchev–Trinajstić information content (AvgIpc) is 2.80. The van der Waals surface area contributed by atoms with Gasteiger partial charge in [-0.2, -0.15) is 4.68 Å². The number of benzene rings is 2. The van der Waals surface area contributed by atoms with E-state index in [0.717, 1.165) is 0 Å². The van der Waals surface area contributed by atoms with Crippen molar-refractivity contribution in [2.75, 3.05) is 30.4 Å². The highest BCUT2D eigenvalue weighted by atomic mass is 35.5. The molecule has 1 aliphatic heterocycles. The maximum Gasteiger partial charge on any atom is 0.271 e. The Balaban J connectivity index is 1.41. The predicted octanol–water partition coefficient (Wildman–Crippen LogP) is 3.89. The highest BCUT2D eigenvalue weighted by Gasteiger charge is 2.26. The number of hydrogen-bond donors (Lipinski definition) is 1. The van der Waals surface area contributed by atoms with Gasteiger partial charge in [0, 0.05) is 30.8 Å². The van der Waals surface area contributed by atoms with Gasteiger partial charge in [0.2, 0.25) is 5.91 Å². The smallest absolute Gasteiger partial charge is 0.271 e. The highest BCUT2D eigenvalue weighted by molar-refractivity contribution is 6.32. The molecular weight excluding hydrogens is 435 g/mol. The van der Waals surface area contributed by atoms with Crippen molar-refractivity contribution < 1.29 is 13.9 Å². The Morgan fingerprint density at radius 3 is 2.50 bits per heavy atom. The fraction of sp³-hybridized carbons (Fsp3) is 0.261. The molecule has 1 saturated heterocycles. The molecule has 0 atom stereocenters. The average molecular weight is 457 g/mol. The molecule has 0 bridgehead atoms. The Morgan fingerprint density at radius 2 is 1.84 bits per heavy atom. The van der Waals surface area contributed by atoms with Crippen LogP contribution < -0.4 is 20.5 Å². The second-order valence-electron chi connectivity index (χ2n) is 7.52. The molecule has 0 aliphatic carbocycles. The Kier molecular flexibility index (Phi) is 6.41. The second-order valence-corrected chi connectivity index (χ2v) is 7.93. The summed E-state index contributed by atoms with van der Waals surface area (Å²) in [6.45, 7) is 1.24. The summed E-state index contributed by atoms with van der Waals surface area (Å²) in [6.07, 6.45) is 1.29. The molecule has 32 heavy (non-hydrogen) atoms. The number of aromatic nitrogens is 2. The Bertz CT molecular complexity index is 1170. The quantitative estimate of drug-likeness (QED) is 0.630. The third-order valence-electron chi connectivity index (χ3n) is 5.47. The number of halogens is 2. The van der Waals surface area contributed by atoms with E-state index in [9.17, 15) is 14.0 Å². The summed E-state index contributed by atoms with van der Waals surface area (Å²) in [5.74, 6) is 0.600. The van der Waals surface area contributed by atoms with Crippen LogP contribution in [0.3, 0.4) is 0 Å². The molecule has 7 nitrogen and oxygen atoms in total. The second kappa shape index (κ2) is 9.40. The van der Waals surface area contributed by atoms with E-state index in [0.29, 0.717) is 53.9 Å². The van der Waals surface area contributed by atoms with Gasteiger partial charge in [-0.1, -0.05) is 11.6 Å². The van der Waals surface area contributed by atoms with Crippen molar-refractivity contribution in [3.63, 3.8) is 0 Å². The van der Waals surface area contributed by atoms with Crippen LogP contribution >= 0.6 is 11.6 Å². The van der Waals surface area contributed by atoms with Crippen molar-refractivity contribution >= 4 is 29.0 Å². The molecule has 0 spiro atoms. The zero-order chi connectivity index (χ0) is 22.7. The van der Waals surface area contributed by atoms with Crippen LogP contribution in [0.5, 0.6) is 5.75 Å². The van der Waals surface area contributed by atoms with Gasteiger partial charge >= 0.3 is 0 Å². The van der Waals surface area contributed by atoms with Crippen LogP contribution in [0.25, 0.3) is 5.69 Å². The van der Waals surface area contributed by atoms with Gasteiger partial charge in [-0.3, -0.25) is 9.59 Å². The van der Waals surface area contributed by atoms with E-state index in [2.05, 4.69) is 10.4 Å². The fourth-order valence-electron chi connectivity index (χ4n) is 3.70. The Hall–Kier alpha value is -3.39. The molecule has 2 heterocycles. The molecule has 4 rings (SSSR count). The van der Waals surface area contributed by atoms with Crippen molar-refractivity contribution in [2.24, 2.45) is 5.92 Å². The van der Waals surface area contributed by atoms with Crippen molar-refractivity contribution in [3.05, 3.63) is 75.8 Å². The molecule has 0 unspecified atom stereocenters. The lowest BCUT2D eigenvalue weighted by Gasteiger charge is -2.32. The van der Waals surface area contributed by atoms with Crippen molar-refractivity contribution in [1.82, 2.24) is 9.78 Å². The van der Waals surface area contributed by atoms with Crippen molar-refractivity contribution in [2.45, 2.75) is 12.8 Å². The summed E-state index contributed by atoms with van der Waals surface area (Å²) < 4.78 is 19.6. The van der Waals surface area contributed by atoms with E-state index in [1.54, 1.807) is 24.3 Å². The number of nitrogens with one attached hydrogen (secondary N) is 1. The highest BCUT2D eigenvalue weighted by Crippen LogP contribution is 2.28. The van der Waals surface area contributed by atoms with Gasteiger partial charge in [0.05, 0.1) is 17.8 Å². The van der Waals surface area contributed by atoms with Gasteiger partial charge in [0.25, 0.3) is 5.56 Å². The van der Waals surface area contributed by atoms with Crippen molar-refractivity contribution in [3.8, 4) is 11.4 Å². The SMILES string of the molecule is COc1ccc(NC(=O)C2CCN(c3ccc(=O)n(-c4ccc(F)cc4)n3)CC2)cc1Cl. The number of carbonyl (C=O) groups is 1. The van der Waals surface area contributed by atoms with Crippen LogP contribution in [0.4, 0.5) is 15.9 Å². The third-order valence-corrected chi connectivity index (χ3v) is 5.76. The topological polar surface area (TPSA) is 76.5 Å². The summed E-state index contributed by atoms with van der Waals surface area (Å²) >= 11 is 6.13. The number of carbonyl (C=O) groups excluding carboxylic acids is 1. The standard InChI is InChI=1S/C23H22ClFN4O3/c1-32-20-7-4-17(14-19(20)24)26-23(31)15-10-12-28(13-11-15)21-8-9-22(30)29(27-21)18-5-2-16(25)3-6-18/h2-9,14-15H,10-13H2,1H3,(H,26,31). The Morgan fingerprint density at radius 1 is 1.12 bits per heavy atom. The molecule has 0 saturated carbocycles. The lowest BCUT2D eigenvalue weighted by molar-refractivity contribution is -0.120. The van der Waals surface area contributed by atoms with Gasteiger partial charge in [-0.15, -0.1) is 5.10 Å². The first-order chi connectivity index (χ1) is 15.4. The molecular formula is C23H22ClFN4O3. The third kappa shape index (κ3) is 4.75. The predicted molar refractivity (Wildman–Crippen MR) is 121 cm³/mol. The van der Waals surface area contributed by atoms with Crippen LogP contribution in [0.1, 0.15) is 12.8 Å². The first kappa shape index (κ1) is 21.8. The summed E-state index contributed by atoms with van der Waals surface area (Å²) in [5, 5.41) is 7.78. The molecule has 9 heteroatoms. The van der Waals surface area contributed by atoms with Gasteiger partial charge in [-0.25, -0.2) is 4.39 Å². The largest absolute Gasteiger partial charge is 0.495 e. The molecule has 2 aromatic carbocycles. The summed E-state index contributed by atoms with van der Waals surface area (Å²) in [7, 11) is 1.54. The maximum absolute atomic E-state index is 13.2. The van der Waals surface area contributed by atoms with E-state index in [4.69, 9.17) is 16.3 Å². The van der Waals surface area contributed by atoms with E-state index >= 15 is 0 Å². The molecule has 3 aromatic rings. The molecule has 1 aromatic heterocycles. The van der Waals surface area contributed by atoms with Crippen LogP contribution in [0.15, 0.2) is 59.4 Å². The number of rotatable bonds is 5. The van der Waals surface area contributed by atoms with E-state index in [-0.39, 0.29) is 23.2 Å². The number of anilines is 2. The summed E-state index contributed by atoms with van der Waals surface area (Å²) in [5.41, 5.74) is 0.815. The molecule has 166 valence electrons. The monoisotopic (exact) mass is 456 g/mol. The van der Waals surface area contributed by atoms with Gasteiger partial charge in [0.1, 0.15) is 17.4 Å². The molecule has 1 fully saturated rings. The number of methoxy groups -OCH3 is 1. The minimum absolute atomic E-state index is 0.0601. The maximum atomic E-state index is 13.2. The van der Waals surface area contributed by atoms with E-state index in [1.807, 2.05) is 4.90 Å². The normalized spacial score (nSPS) is 14.3. The zero-order valence-electron chi connectivity index (χ0n) is 17.4. The lowest BCUT2D eigenvalue weighted by Crippen LogP contribution is -2.39. The van der Waals surface area contributed by atoms with Gasteiger partial charge < -0.3 is 15.0 Å². The molecule has 1 N–H and O–H groups in total. The van der Waals surface area contributed by atoms with Crippen molar-refractivity contribution in [1.29, 1.82) is 0 Å². The summed E-state index contributed by atoms with van der Waals surface area (Å²) in [4.78, 5) is 27.0. The first-order valence-electron chi connectivity index (χ1n) is 10.2. The fourth-order valence-corrected chi connectivity index (χ4v) is 3.95. The molecule has 0 radical (unpaired) electrons. The summed E-state index contributed by atoms with van der Waals surface area (Å²) in [6, 6.07) is 13.8.